The second-order valence-corrected chi connectivity index (χ2v) is 12.7. The topological polar surface area (TPSA) is 73.6 Å². The van der Waals surface area contributed by atoms with Gasteiger partial charge in [0, 0.05) is 6.61 Å². The third-order valence-electron chi connectivity index (χ3n) is 4.37. The first kappa shape index (κ1) is 18.5. The van der Waals surface area contributed by atoms with Crippen molar-refractivity contribution < 1.29 is 14.3 Å². The normalized spacial score (nSPS) is 24.6. The van der Waals surface area contributed by atoms with Gasteiger partial charge >= 0.3 is 6.09 Å². The van der Waals surface area contributed by atoms with Gasteiger partial charge in [-0.1, -0.05) is 26.6 Å². The molecule has 1 rings (SSSR count). The lowest BCUT2D eigenvalue weighted by atomic mass is 9.93. The molecule has 0 radical (unpaired) electrons. The monoisotopic (exact) mass is 316 g/mol. The highest BCUT2D eigenvalue weighted by Gasteiger charge is 2.30. The van der Waals surface area contributed by atoms with Crippen molar-refractivity contribution in [1.82, 2.24) is 5.32 Å². The minimum Gasteiger partial charge on any atom is -0.450 e. The first-order valence-electron chi connectivity index (χ1n) is 8.10. The maximum atomic E-state index is 10.5. The number of carbonyl (C=O) groups excluding carboxylic acids is 1. The summed E-state index contributed by atoms with van der Waals surface area (Å²) < 4.78 is 10.7. The number of nitrogens with one attached hydrogen (secondary N) is 1. The van der Waals surface area contributed by atoms with Gasteiger partial charge in [-0.25, -0.2) is 4.79 Å². The lowest BCUT2D eigenvalue weighted by Crippen LogP contribution is -2.54. The fourth-order valence-electron chi connectivity index (χ4n) is 2.50. The molecule has 0 bridgehead atoms. The van der Waals surface area contributed by atoms with Crippen LogP contribution in [0.2, 0.25) is 19.6 Å². The van der Waals surface area contributed by atoms with Crippen LogP contribution in [0.3, 0.4) is 0 Å². The summed E-state index contributed by atoms with van der Waals surface area (Å²) in [4.78, 5) is 10.5. The molecule has 0 aliphatic carbocycles. The number of unbranched alkanes of at least 4 members (excludes halogenated alkanes) is 1. The van der Waals surface area contributed by atoms with E-state index < -0.39 is 14.2 Å². The smallest absolute Gasteiger partial charge is 0.404 e. The van der Waals surface area contributed by atoms with Crippen LogP contribution in [0.1, 0.15) is 39.0 Å². The lowest BCUT2D eigenvalue weighted by Gasteiger charge is -2.37. The molecule has 3 atom stereocenters. The van der Waals surface area contributed by atoms with E-state index in [1.807, 2.05) is 0 Å². The van der Waals surface area contributed by atoms with Crippen molar-refractivity contribution >= 4 is 14.2 Å². The van der Waals surface area contributed by atoms with Crippen molar-refractivity contribution in [2.45, 2.75) is 70.6 Å². The van der Waals surface area contributed by atoms with Gasteiger partial charge in [-0.05, 0) is 43.7 Å². The van der Waals surface area contributed by atoms with Crippen LogP contribution in [-0.2, 0) is 9.47 Å². The van der Waals surface area contributed by atoms with Crippen LogP contribution < -0.4 is 11.1 Å². The molecule has 1 saturated heterocycles. The van der Waals surface area contributed by atoms with Gasteiger partial charge in [0.1, 0.15) is 6.23 Å². The minimum absolute atomic E-state index is 0.178. The Labute approximate surface area is 130 Å². The van der Waals surface area contributed by atoms with E-state index in [-0.39, 0.29) is 6.23 Å². The Kier molecular flexibility index (Phi) is 7.69. The van der Waals surface area contributed by atoms with Crippen molar-refractivity contribution in [2.75, 3.05) is 13.2 Å². The Morgan fingerprint density at radius 1 is 1.43 bits per heavy atom. The van der Waals surface area contributed by atoms with Crippen LogP contribution in [0.15, 0.2) is 0 Å². The largest absolute Gasteiger partial charge is 0.450 e. The van der Waals surface area contributed by atoms with Gasteiger partial charge in [-0.2, -0.15) is 0 Å². The number of hydrogen-bond donors (Lipinski definition) is 2. The van der Waals surface area contributed by atoms with Crippen LogP contribution in [0.4, 0.5) is 4.79 Å². The average Bonchev–Trinajstić information content (AvgIpc) is 2.38. The van der Waals surface area contributed by atoms with Crippen molar-refractivity contribution in [3.8, 4) is 0 Å². The summed E-state index contributed by atoms with van der Waals surface area (Å²) in [5.41, 5.74) is 5.49. The van der Waals surface area contributed by atoms with Gasteiger partial charge in [0.2, 0.25) is 0 Å². The zero-order valence-corrected chi connectivity index (χ0v) is 15.0. The highest BCUT2D eigenvalue weighted by Crippen LogP contribution is 2.25. The fourth-order valence-corrected chi connectivity index (χ4v) is 3.17. The van der Waals surface area contributed by atoms with Crippen LogP contribution in [-0.4, -0.2) is 39.3 Å². The highest BCUT2D eigenvalue weighted by atomic mass is 28.3. The number of rotatable bonds is 8. The van der Waals surface area contributed by atoms with E-state index in [0.29, 0.717) is 18.2 Å². The predicted octanol–water partition coefficient (Wildman–Crippen LogP) is 2.86. The molecule has 1 amide bonds. The Hall–Kier alpha value is -0.593. The SMILES string of the molecule is C[C@@H](N[C@H]1OCCC[C@@H]1CCCCOC(N)=O)[Si](C)(C)C. The molecule has 0 aromatic heterocycles. The second kappa shape index (κ2) is 8.75. The fraction of sp³-hybridized carbons (Fsp3) is 0.933. The molecule has 0 aromatic rings. The van der Waals surface area contributed by atoms with Gasteiger partial charge < -0.3 is 15.2 Å². The third kappa shape index (κ3) is 7.29. The van der Waals surface area contributed by atoms with E-state index in [1.165, 1.54) is 6.42 Å². The molecule has 0 spiro atoms. The molecule has 1 aliphatic heterocycles. The molecule has 0 saturated carbocycles. The molecular formula is C15H32N2O3Si. The molecule has 3 N–H and O–H groups in total. The summed E-state index contributed by atoms with van der Waals surface area (Å²) in [5, 5.41) is 3.70. The van der Waals surface area contributed by atoms with Gasteiger partial charge in [0.25, 0.3) is 0 Å². The van der Waals surface area contributed by atoms with E-state index in [1.54, 1.807) is 0 Å². The molecule has 0 aromatic carbocycles. The number of primary amides is 1. The highest BCUT2D eigenvalue weighted by molar-refractivity contribution is 6.77. The molecule has 124 valence electrons. The predicted molar refractivity (Wildman–Crippen MR) is 87.8 cm³/mol. The molecule has 21 heavy (non-hydrogen) atoms. The van der Waals surface area contributed by atoms with E-state index in [0.717, 1.165) is 32.3 Å². The quantitative estimate of drug-likeness (QED) is 0.533. The molecule has 0 unspecified atom stereocenters. The Balaban J connectivity index is 2.34. The zero-order valence-electron chi connectivity index (χ0n) is 14.0. The molecule has 1 heterocycles. The van der Waals surface area contributed by atoms with Crippen LogP contribution >= 0.6 is 0 Å². The van der Waals surface area contributed by atoms with Crippen LogP contribution in [0.5, 0.6) is 0 Å². The lowest BCUT2D eigenvalue weighted by molar-refractivity contribution is -0.0513. The summed E-state index contributed by atoms with van der Waals surface area (Å²) in [6.07, 6.45) is 4.88. The van der Waals surface area contributed by atoms with E-state index in [2.05, 4.69) is 31.9 Å². The number of carbonyl (C=O) groups is 1. The van der Waals surface area contributed by atoms with Gasteiger partial charge in [-0.15, -0.1) is 0 Å². The standard InChI is InChI=1S/C15H32N2O3Si/c1-12(21(2,3)4)17-14-13(9-7-11-19-14)8-5-6-10-20-15(16)18/h12-14,17H,5-11H2,1-4H3,(H2,16,18)/t12-,13-,14-/m0/s1. The first-order chi connectivity index (χ1) is 9.80. The number of amides is 1. The minimum atomic E-state index is -1.19. The number of nitrogens with two attached hydrogens (primary N) is 1. The molecule has 6 heteroatoms. The van der Waals surface area contributed by atoms with Crippen molar-refractivity contribution in [2.24, 2.45) is 11.7 Å². The summed E-state index contributed by atoms with van der Waals surface area (Å²) >= 11 is 0. The van der Waals surface area contributed by atoms with Crippen molar-refractivity contribution in [1.29, 1.82) is 0 Å². The summed E-state index contributed by atoms with van der Waals surface area (Å²) in [5.74, 6) is 0.561. The van der Waals surface area contributed by atoms with Gasteiger partial charge in [-0.3, -0.25) is 5.32 Å². The maximum Gasteiger partial charge on any atom is 0.404 e. The van der Waals surface area contributed by atoms with Crippen molar-refractivity contribution in [3.05, 3.63) is 0 Å². The van der Waals surface area contributed by atoms with Crippen LogP contribution in [0.25, 0.3) is 0 Å². The second-order valence-electron chi connectivity index (χ2n) is 7.11. The van der Waals surface area contributed by atoms with Gasteiger partial charge in [0.15, 0.2) is 0 Å². The maximum absolute atomic E-state index is 10.5. The van der Waals surface area contributed by atoms with E-state index in [4.69, 9.17) is 15.2 Å². The van der Waals surface area contributed by atoms with E-state index >= 15 is 0 Å². The number of ether oxygens (including phenoxy) is 2. The zero-order chi connectivity index (χ0) is 15.9. The summed E-state index contributed by atoms with van der Waals surface area (Å²) in [6, 6.07) is 0. The van der Waals surface area contributed by atoms with Crippen molar-refractivity contribution in [3.63, 3.8) is 0 Å². The van der Waals surface area contributed by atoms with Crippen LogP contribution in [0, 0.1) is 5.92 Å². The third-order valence-corrected chi connectivity index (χ3v) is 7.14. The molecule has 1 fully saturated rings. The average molecular weight is 317 g/mol. The Morgan fingerprint density at radius 2 is 2.14 bits per heavy atom. The molecular weight excluding hydrogens is 284 g/mol. The Morgan fingerprint density at radius 3 is 2.76 bits per heavy atom. The number of hydrogen-bond acceptors (Lipinski definition) is 4. The molecule has 1 aliphatic rings. The first-order valence-corrected chi connectivity index (χ1v) is 11.7. The summed E-state index contributed by atoms with van der Waals surface area (Å²) in [6.45, 7) is 10.7. The summed E-state index contributed by atoms with van der Waals surface area (Å²) in [7, 11) is -1.19. The van der Waals surface area contributed by atoms with Gasteiger partial charge in [0.05, 0.1) is 14.7 Å². The molecule has 5 nitrogen and oxygen atoms in total. The van der Waals surface area contributed by atoms with E-state index in [9.17, 15) is 4.79 Å². The Bertz CT molecular complexity index is 321.